The van der Waals surface area contributed by atoms with E-state index in [1.54, 1.807) is 24.3 Å². The van der Waals surface area contributed by atoms with Crippen molar-refractivity contribution in [3.63, 3.8) is 0 Å². The molecule has 0 aliphatic carbocycles. The van der Waals surface area contributed by atoms with Crippen molar-refractivity contribution in [2.45, 2.75) is 0 Å². The number of ether oxygens (including phenoxy) is 1. The van der Waals surface area contributed by atoms with Crippen molar-refractivity contribution in [1.29, 1.82) is 5.26 Å². The number of amides is 1. The summed E-state index contributed by atoms with van der Waals surface area (Å²) in [5, 5.41) is 11.1. The minimum atomic E-state index is -0.704. The zero-order chi connectivity index (χ0) is 18.2. The molecule has 126 valence electrons. The Morgan fingerprint density at radius 2 is 1.96 bits per heavy atom. The summed E-state index contributed by atoms with van der Waals surface area (Å²) in [6.07, 6.45) is 2.66. The lowest BCUT2D eigenvalue weighted by molar-refractivity contribution is -0.142. The summed E-state index contributed by atoms with van der Waals surface area (Å²) in [6, 6.07) is 12.1. The highest BCUT2D eigenvalue weighted by molar-refractivity contribution is 6.33. The topological polar surface area (TPSA) is 79.2 Å². The molecule has 0 bridgehead atoms. The first-order valence-electron chi connectivity index (χ1n) is 7.08. The molecule has 0 heterocycles. The van der Waals surface area contributed by atoms with Crippen LogP contribution in [0.5, 0.6) is 0 Å². The van der Waals surface area contributed by atoms with Crippen molar-refractivity contribution < 1.29 is 18.7 Å². The molecule has 5 nitrogen and oxygen atoms in total. The van der Waals surface area contributed by atoms with Crippen LogP contribution in [-0.4, -0.2) is 18.5 Å². The van der Waals surface area contributed by atoms with E-state index in [0.29, 0.717) is 11.1 Å². The van der Waals surface area contributed by atoms with E-state index < -0.39 is 24.3 Å². The highest BCUT2D eigenvalue weighted by Crippen LogP contribution is 2.22. The molecule has 2 aromatic carbocycles. The van der Waals surface area contributed by atoms with Crippen molar-refractivity contribution in [2.75, 3.05) is 11.9 Å². The lowest BCUT2D eigenvalue weighted by Crippen LogP contribution is -2.20. The molecule has 0 aromatic heterocycles. The highest BCUT2D eigenvalue weighted by Gasteiger charge is 2.08. The van der Waals surface area contributed by atoms with Crippen LogP contribution < -0.4 is 5.32 Å². The standard InChI is InChI=1S/C18H12ClFN2O3/c19-15-9-14(20)6-7-16(15)22-17(23)11-25-18(24)8-5-12-1-3-13(10-21)4-2-12/h1-9H,11H2,(H,22,23)/b8-5+. The summed E-state index contributed by atoms with van der Waals surface area (Å²) in [5.41, 5.74) is 1.44. The molecule has 0 saturated heterocycles. The summed E-state index contributed by atoms with van der Waals surface area (Å²) in [4.78, 5) is 23.3. The molecule has 0 fully saturated rings. The molecule has 0 saturated carbocycles. The second kappa shape index (κ2) is 8.62. The van der Waals surface area contributed by atoms with Crippen molar-refractivity contribution in [3.05, 3.63) is 70.5 Å². The lowest BCUT2D eigenvalue weighted by Gasteiger charge is -2.07. The Labute approximate surface area is 148 Å². The number of nitriles is 1. The van der Waals surface area contributed by atoms with Gasteiger partial charge in [0.25, 0.3) is 5.91 Å². The number of rotatable bonds is 5. The quantitative estimate of drug-likeness (QED) is 0.655. The second-order valence-electron chi connectivity index (χ2n) is 4.85. The van der Waals surface area contributed by atoms with Crippen LogP contribution in [0.4, 0.5) is 10.1 Å². The number of halogens is 2. The van der Waals surface area contributed by atoms with Crippen molar-refractivity contribution in [2.24, 2.45) is 0 Å². The van der Waals surface area contributed by atoms with E-state index in [9.17, 15) is 14.0 Å². The van der Waals surface area contributed by atoms with Crippen LogP contribution in [0.3, 0.4) is 0 Å². The van der Waals surface area contributed by atoms with E-state index >= 15 is 0 Å². The van der Waals surface area contributed by atoms with Gasteiger partial charge in [-0.2, -0.15) is 5.26 Å². The molecule has 2 aromatic rings. The van der Waals surface area contributed by atoms with Gasteiger partial charge in [-0.1, -0.05) is 23.7 Å². The van der Waals surface area contributed by atoms with Gasteiger partial charge >= 0.3 is 5.97 Å². The predicted molar refractivity (Wildman–Crippen MR) is 91.2 cm³/mol. The number of nitrogens with zero attached hydrogens (tertiary/aromatic N) is 1. The van der Waals surface area contributed by atoms with Gasteiger partial charge in [0.05, 0.1) is 22.3 Å². The number of benzene rings is 2. The molecule has 0 unspecified atom stereocenters. The van der Waals surface area contributed by atoms with Crippen LogP contribution in [0.2, 0.25) is 5.02 Å². The first-order valence-corrected chi connectivity index (χ1v) is 7.45. The Morgan fingerprint density at radius 3 is 2.60 bits per heavy atom. The molecule has 0 atom stereocenters. The monoisotopic (exact) mass is 358 g/mol. The second-order valence-corrected chi connectivity index (χ2v) is 5.25. The molecule has 2 rings (SSSR count). The summed E-state index contributed by atoms with van der Waals surface area (Å²) in [7, 11) is 0. The molecule has 1 amide bonds. The van der Waals surface area contributed by atoms with Crippen LogP contribution in [0.15, 0.2) is 48.5 Å². The van der Waals surface area contributed by atoms with E-state index in [4.69, 9.17) is 21.6 Å². The SMILES string of the molecule is N#Cc1ccc(/C=C/C(=O)OCC(=O)Nc2ccc(F)cc2Cl)cc1. The fraction of sp³-hybridized carbons (Fsp3) is 0.0556. The van der Waals surface area contributed by atoms with E-state index in [1.807, 2.05) is 6.07 Å². The molecule has 0 radical (unpaired) electrons. The number of nitrogens with one attached hydrogen (secondary N) is 1. The number of carbonyl (C=O) groups is 2. The predicted octanol–water partition coefficient (Wildman–Crippen LogP) is 3.55. The Bertz CT molecular complexity index is 858. The average Bonchev–Trinajstić information content (AvgIpc) is 2.61. The van der Waals surface area contributed by atoms with Crippen LogP contribution in [0, 0.1) is 17.1 Å². The van der Waals surface area contributed by atoms with E-state index in [0.717, 1.165) is 12.1 Å². The summed E-state index contributed by atoms with van der Waals surface area (Å²) >= 11 is 5.78. The van der Waals surface area contributed by atoms with Gasteiger partial charge in [0.2, 0.25) is 0 Å². The Morgan fingerprint density at radius 1 is 1.24 bits per heavy atom. The number of esters is 1. The Hall–Kier alpha value is -3.17. The van der Waals surface area contributed by atoms with Crippen LogP contribution in [0.1, 0.15) is 11.1 Å². The zero-order valence-corrected chi connectivity index (χ0v) is 13.6. The van der Waals surface area contributed by atoms with Crippen molar-refractivity contribution in [1.82, 2.24) is 0 Å². The summed E-state index contributed by atoms with van der Waals surface area (Å²) in [6.45, 7) is -0.510. The van der Waals surface area contributed by atoms with Crippen molar-refractivity contribution in [3.8, 4) is 6.07 Å². The van der Waals surface area contributed by atoms with Crippen LogP contribution in [-0.2, 0) is 14.3 Å². The zero-order valence-electron chi connectivity index (χ0n) is 12.8. The van der Waals surface area contributed by atoms with E-state index in [-0.39, 0.29) is 10.7 Å². The summed E-state index contributed by atoms with van der Waals surface area (Å²) < 4.78 is 17.7. The number of carbonyl (C=O) groups excluding carboxylic acids is 2. The Kier molecular flexibility index (Phi) is 6.26. The van der Waals surface area contributed by atoms with Gasteiger partial charge in [0.15, 0.2) is 6.61 Å². The largest absolute Gasteiger partial charge is 0.452 e. The van der Waals surface area contributed by atoms with Gasteiger partial charge in [-0.05, 0) is 42.0 Å². The maximum absolute atomic E-state index is 12.9. The fourth-order valence-electron chi connectivity index (χ4n) is 1.79. The first kappa shape index (κ1) is 18.2. The maximum Gasteiger partial charge on any atom is 0.331 e. The smallest absolute Gasteiger partial charge is 0.331 e. The molecule has 0 aliphatic heterocycles. The minimum absolute atomic E-state index is 0.0420. The fourth-order valence-corrected chi connectivity index (χ4v) is 2.01. The highest BCUT2D eigenvalue weighted by atomic mass is 35.5. The molecule has 25 heavy (non-hydrogen) atoms. The van der Waals surface area contributed by atoms with Crippen LogP contribution in [0.25, 0.3) is 6.08 Å². The van der Waals surface area contributed by atoms with Crippen LogP contribution >= 0.6 is 11.6 Å². The third-order valence-electron chi connectivity index (χ3n) is 3.00. The maximum atomic E-state index is 12.9. The third kappa shape index (κ3) is 5.75. The van der Waals surface area contributed by atoms with E-state index in [1.165, 1.54) is 18.2 Å². The average molecular weight is 359 g/mol. The molecule has 0 spiro atoms. The normalized spacial score (nSPS) is 10.3. The van der Waals surface area contributed by atoms with Gasteiger partial charge < -0.3 is 10.1 Å². The minimum Gasteiger partial charge on any atom is -0.452 e. The molecule has 1 N–H and O–H groups in total. The Balaban J connectivity index is 1.83. The van der Waals surface area contributed by atoms with Gasteiger partial charge in [-0.15, -0.1) is 0 Å². The number of anilines is 1. The van der Waals surface area contributed by atoms with Gasteiger partial charge in [0.1, 0.15) is 5.82 Å². The van der Waals surface area contributed by atoms with Crippen molar-refractivity contribution >= 4 is 35.2 Å². The molecule has 0 aliphatic rings. The lowest BCUT2D eigenvalue weighted by atomic mass is 10.1. The molecular formula is C18H12ClFN2O3. The van der Waals surface area contributed by atoms with Gasteiger partial charge in [-0.3, -0.25) is 4.79 Å². The number of hydrogen-bond donors (Lipinski definition) is 1. The van der Waals surface area contributed by atoms with E-state index in [2.05, 4.69) is 5.32 Å². The third-order valence-corrected chi connectivity index (χ3v) is 3.32. The van der Waals surface area contributed by atoms with Gasteiger partial charge in [-0.25, -0.2) is 9.18 Å². The first-order chi connectivity index (χ1) is 12.0. The molecular weight excluding hydrogens is 347 g/mol. The molecule has 7 heteroatoms. The number of hydrogen-bond acceptors (Lipinski definition) is 4. The summed E-state index contributed by atoms with van der Waals surface area (Å²) in [5.74, 6) is -1.83. The van der Waals surface area contributed by atoms with Gasteiger partial charge in [0, 0.05) is 6.08 Å².